The minimum Gasteiger partial charge on any atom is -0.325 e. The van der Waals surface area contributed by atoms with Crippen molar-refractivity contribution in [3.05, 3.63) is 28.0 Å². The van der Waals surface area contributed by atoms with E-state index in [1.54, 1.807) is 13.1 Å². The number of nitrogens with two attached hydrogens (primary N) is 1. The molecule has 4 N–H and O–H groups in total. The highest BCUT2D eigenvalue weighted by atomic mass is 32.2. The largest absolute Gasteiger partial charge is 0.325 e. The fourth-order valence-electron chi connectivity index (χ4n) is 1.71. The van der Waals surface area contributed by atoms with Gasteiger partial charge in [0.2, 0.25) is 10.0 Å². The highest BCUT2D eigenvalue weighted by molar-refractivity contribution is 7.89. The van der Waals surface area contributed by atoms with E-state index in [4.69, 9.17) is 5.73 Å². The van der Waals surface area contributed by atoms with Crippen molar-refractivity contribution in [2.24, 2.45) is 5.73 Å². The summed E-state index contributed by atoms with van der Waals surface area (Å²) in [6.45, 7) is 2.03. The van der Waals surface area contributed by atoms with Crippen LogP contribution in [0, 0.1) is 6.92 Å². The monoisotopic (exact) mass is 301 g/mol. The van der Waals surface area contributed by atoms with Gasteiger partial charge in [0.1, 0.15) is 4.90 Å². The van der Waals surface area contributed by atoms with Crippen LogP contribution in [0.15, 0.2) is 16.5 Å². The van der Waals surface area contributed by atoms with Crippen molar-refractivity contribution in [2.75, 3.05) is 6.54 Å². The number of hydrogen-bond acceptors (Lipinski definition) is 6. The van der Waals surface area contributed by atoms with Crippen LogP contribution in [0.2, 0.25) is 0 Å². The number of aromatic nitrogens is 3. The first-order valence-corrected chi connectivity index (χ1v) is 8.03. The van der Waals surface area contributed by atoms with Crippen molar-refractivity contribution in [3.63, 3.8) is 0 Å². The fraction of sp³-hybridized carbons (Fsp3) is 0.400. The molecule has 0 aliphatic heterocycles. The van der Waals surface area contributed by atoms with Gasteiger partial charge in [-0.2, -0.15) is 5.10 Å². The smallest absolute Gasteiger partial charge is 0.244 e. The number of nitrogens with zero attached hydrogens (tertiary/aromatic N) is 2. The van der Waals surface area contributed by atoms with Crippen LogP contribution in [0.5, 0.6) is 0 Å². The first-order valence-electron chi connectivity index (χ1n) is 5.66. The molecule has 7 nitrogen and oxygen atoms in total. The Morgan fingerprint density at radius 2 is 2.32 bits per heavy atom. The molecule has 2 aromatic rings. The number of sulfonamides is 1. The number of hydrogen-bond donors (Lipinski definition) is 3. The minimum atomic E-state index is -3.59. The van der Waals surface area contributed by atoms with Crippen LogP contribution >= 0.6 is 11.3 Å². The molecule has 2 heterocycles. The zero-order valence-corrected chi connectivity index (χ0v) is 12.0. The molecule has 19 heavy (non-hydrogen) atoms. The van der Waals surface area contributed by atoms with Crippen LogP contribution in [0.3, 0.4) is 0 Å². The zero-order chi connectivity index (χ0) is 13.9. The van der Waals surface area contributed by atoms with Gasteiger partial charge in [-0.05, 0) is 6.92 Å². The van der Waals surface area contributed by atoms with Gasteiger partial charge in [-0.1, -0.05) is 0 Å². The molecule has 0 unspecified atom stereocenters. The van der Waals surface area contributed by atoms with Crippen molar-refractivity contribution in [2.45, 2.75) is 24.8 Å². The zero-order valence-electron chi connectivity index (χ0n) is 10.4. The number of rotatable bonds is 6. The van der Waals surface area contributed by atoms with Crippen molar-refractivity contribution < 1.29 is 8.42 Å². The summed E-state index contributed by atoms with van der Waals surface area (Å²) in [4.78, 5) is 4.24. The number of aryl methyl sites for hydroxylation is 1. The molecular weight excluding hydrogens is 286 g/mol. The first kappa shape index (κ1) is 14.1. The third kappa shape index (κ3) is 3.18. The Balaban J connectivity index is 2.07. The van der Waals surface area contributed by atoms with Crippen LogP contribution in [0.25, 0.3) is 0 Å². The SMILES string of the molecule is Cc1[nH]nc(CN)c1S(=O)(=O)NCCc1nccs1. The molecule has 2 aromatic heterocycles. The number of aromatic amines is 1. The highest BCUT2D eigenvalue weighted by Crippen LogP contribution is 2.16. The quantitative estimate of drug-likeness (QED) is 0.703. The summed E-state index contributed by atoms with van der Waals surface area (Å²) in [5.74, 6) is 0. The van der Waals surface area contributed by atoms with Gasteiger partial charge in [0.15, 0.2) is 0 Å². The molecule has 9 heteroatoms. The fourth-order valence-corrected chi connectivity index (χ4v) is 3.73. The average Bonchev–Trinajstić information content (AvgIpc) is 2.98. The van der Waals surface area contributed by atoms with E-state index in [0.29, 0.717) is 24.4 Å². The second-order valence-electron chi connectivity index (χ2n) is 3.90. The normalized spacial score (nSPS) is 11.9. The summed E-state index contributed by atoms with van der Waals surface area (Å²) >= 11 is 1.50. The maximum absolute atomic E-state index is 12.2. The molecule has 0 spiro atoms. The van der Waals surface area contributed by atoms with Crippen LogP contribution in [0.4, 0.5) is 0 Å². The molecule has 2 rings (SSSR count). The molecule has 0 radical (unpaired) electrons. The van der Waals surface area contributed by atoms with Crippen LogP contribution < -0.4 is 10.5 Å². The topological polar surface area (TPSA) is 114 Å². The van der Waals surface area contributed by atoms with E-state index in [1.807, 2.05) is 5.38 Å². The van der Waals surface area contributed by atoms with E-state index in [-0.39, 0.29) is 11.4 Å². The number of thiazole rings is 1. The van der Waals surface area contributed by atoms with Gasteiger partial charge in [-0.15, -0.1) is 11.3 Å². The summed E-state index contributed by atoms with van der Waals surface area (Å²) < 4.78 is 26.9. The van der Waals surface area contributed by atoms with Gasteiger partial charge in [0, 0.05) is 31.1 Å². The van der Waals surface area contributed by atoms with Crippen LogP contribution in [-0.4, -0.2) is 30.1 Å². The maximum Gasteiger partial charge on any atom is 0.244 e. The Morgan fingerprint density at radius 3 is 2.95 bits per heavy atom. The third-order valence-corrected chi connectivity index (χ3v) is 5.04. The van der Waals surface area contributed by atoms with Gasteiger partial charge in [-0.3, -0.25) is 5.10 Å². The van der Waals surface area contributed by atoms with Gasteiger partial charge in [0.05, 0.1) is 16.4 Å². The lowest BCUT2D eigenvalue weighted by Gasteiger charge is -2.06. The Morgan fingerprint density at radius 1 is 1.53 bits per heavy atom. The molecule has 0 saturated carbocycles. The highest BCUT2D eigenvalue weighted by Gasteiger charge is 2.23. The Hall–Kier alpha value is -1.29. The molecule has 0 bridgehead atoms. The molecule has 0 saturated heterocycles. The number of nitrogens with one attached hydrogen (secondary N) is 2. The molecule has 0 aromatic carbocycles. The first-order chi connectivity index (χ1) is 9.04. The molecule has 0 aliphatic carbocycles. The predicted octanol–water partition coefficient (Wildman–Crippen LogP) is 0.154. The van der Waals surface area contributed by atoms with Crippen molar-refractivity contribution in [3.8, 4) is 0 Å². The Labute approximate surface area is 115 Å². The van der Waals surface area contributed by atoms with Gasteiger partial charge < -0.3 is 5.73 Å². The summed E-state index contributed by atoms with van der Waals surface area (Å²) in [5, 5.41) is 9.27. The van der Waals surface area contributed by atoms with Gasteiger partial charge >= 0.3 is 0 Å². The summed E-state index contributed by atoms with van der Waals surface area (Å²) in [5.41, 5.74) is 6.32. The van der Waals surface area contributed by atoms with E-state index >= 15 is 0 Å². The van der Waals surface area contributed by atoms with Gasteiger partial charge in [-0.25, -0.2) is 18.1 Å². The molecule has 0 aliphatic rings. The van der Waals surface area contributed by atoms with Crippen molar-refractivity contribution in [1.29, 1.82) is 0 Å². The average molecular weight is 301 g/mol. The predicted molar refractivity (Wildman–Crippen MR) is 72.2 cm³/mol. The van der Waals surface area contributed by atoms with E-state index in [1.165, 1.54) is 11.3 Å². The maximum atomic E-state index is 12.2. The number of H-pyrrole nitrogens is 1. The molecule has 0 atom stereocenters. The van der Waals surface area contributed by atoms with Crippen LogP contribution in [0.1, 0.15) is 16.4 Å². The third-order valence-electron chi connectivity index (χ3n) is 2.54. The Kier molecular flexibility index (Phi) is 4.30. The van der Waals surface area contributed by atoms with Crippen molar-refractivity contribution >= 4 is 21.4 Å². The van der Waals surface area contributed by atoms with Gasteiger partial charge in [0.25, 0.3) is 0 Å². The van der Waals surface area contributed by atoms with E-state index < -0.39 is 10.0 Å². The van der Waals surface area contributed by atoms with E-state index in [0.717, 1.165) is 5.01 Å². The second kappa shape index (κ2) is 5.78. The van der Waals surface area contributed by atoms with Crippen LogP contribution in [-0.2, 0) is 23.0 Å². The van der Waals surface area contributed by atoms with Crippen molar-refractivity contribution in [1.82, 2.24) is 19.9 Å². The molecular formula is C10H15N5O2S2. The summed E-state index contributed by atoms with van der Waals surface area (Å²) in [6, 6.07) is 0. The summed E-state index contributed by atoms with van der Waals surface area (Å²) in [7, 11) is -3.59. The Bertz CT molecular complexity index is 633. The second-order valence-corrected chi connectivity index (χ2v) is 6.59. The molecule has 104 valence electrons. The lowest BCUT2D eigenvalue weighted by atomic mass is 10.4. The molecule has 0 fully saturated rings. The summed E-state index contributed by atoms with van der Waals surface area (Å²) in [6.07, 6.45) is 2.26. The standard InChI is InChI=1S/C10H15N5O2S2/c1-7-10(8(6-11)15-14-7)19(16,17)13-3-2-9-12-4-5-18-9/h4-5,13H,2-3,6,11H2,1H3,(H,14,15). The lowest BCUT2D eigenvalue weighted by molar-refractivity contribution is 0.579. The lowest BCUT2D eigenvalue weighted by Crippen LogP contribution is -2.27. The molecule has 0 amide bonds. The van der Waals surface area contributed by atoms with E-state index in [2.05, 4.69) is 19.9 Å². The minimum absolute atomic E-state index is 0.0765. The van der Waals surface area contributed by atoms with E-state index in [9.17, 15) is 8.42 Å².